The highest BCUT2D eigenvalue weighted by Crippen LogP contribution is 2.27. The van der Waals surface area contributed by atoms with Crippen molar-refractivity contribution in [1.29, 1.82) is 0 Å². The molecular formula is C19H21BrN4O2. The number of amides is 2. The molecule has 1 atom stereocenters. The van der Waals surface area contributed by atoms with Crippen LogP contribution in [-0.2, 0) is 29.1 Å². The molecule has 2 aliphatic rings. The van der Waals surface area contributed by atoms with Crippen molar-refractivity contribution in [2.75, 3.05) is 11.4 Å². The predicted molar refractivity (Wildman–Crippen MR) is 102 cm³/mol. The number of fused-ring (bicyclic) bond motifs is 1. The molecule has 26 heavy (non-hydrogen) atoms. The van der Waals surface area contributed by atoms with Gasteiger partial charge >= 0.3 is 0 Å². The van der Waals surface area contributed by atoms with E-state index in [1.807, 2.05) is 35.1 Å². The summed E-state index contributed by atoms with van der Waals surface area (Å²) in [5.74, 6) is -0.384. The topological polar surface area (TPSA) is 67.2 Å². The highest BCUT2D eigenvalue weighted by Gasteiger charge is 2.35. The Morgan fingerprint density at radius 1 is 1.35 bits per heavy atom. The number of carbonyl (C=O) groups is 2. The summed E-state index contributed by atoms with van der Waals surface area (Å²) in [6.07, 6.45) is 5.46. The molecule has 1 unspecified atom stereocenters. The summed E-state index contributed by atoms with van der Waals surface area (Å²) in [6.45, 7) is 1.87. The van der Waals surface area contributed by atoms with E-state index in [1.54, 1.807) is 4.90 Å². The second-order valence-electron chi connectivity index (χ2n) is 6.90. The lowest BCUT2D eigenvalue weighted by Gasteiger charge is -2.17. The number of hydrogen-bond acceptors (Lipinski definition) is 3. The van der Waals surface area contributed by atoms with Gasteiger partial charge in [0.05, 0.1) is 12.1 Å². The lowest BCUT2D eigenvalue weighted by Crippen LogP contribution is -2.32. The maximum atomic E-state index is 12.6. The summed E-state index contributed by atoms with van der Waals surface area (Å²) in [5.41, 5.74) is 3.14. The van der Waals surface area contributed by atoms with Gasteiger partial charge in [0, 0.05) is 47.5 Å². The van der Waals surface area contributed by atoms with Crippen LogP contribution in [0.1, 0.15) is 30.5 Å². The Hall–Kier alpha value is -2.15. The van der Waals surface area contributed by atoms with Crippen LogP contribution in [-0.4, -0.2) is 28.1 Å². The van der Waals surface area contributed by atoms with Gasteiger partial charge in [0.2, 0.25) is 11.8 Å². The molecule has 136 valence electrons. The Bertz CT molecular complexity index is 848. The summed E-state index contributed by atoms with van der Waals surface area (Å²) in [4.78, 5) is 26.6. The Morgan fingerprint density at radius 2 is 2.23 bits per heavy atom. The average molecular weight is 417 g/mol. The molecule has 6 nitrogen and oxygen atoms in total. The highest BCUT2D eigenvalue weighted by molar-refractivity contribution is 9.10. The van der Waals surface area contributed by atoms with E-state index in [0.717, 1.165) is 35.1 Å². The van der Waals surface area contributed by atoms with Crippen molar-refractivity contribution in [2.24, 2.45) is 5.92 Å². The van der Waals surface area contributed by atoms with E-state index >= 15 is 0 Å². The molecule has 1 fully saturated rings. The van der Waals surface area contributed by atoms with E-state index in [1.165, 1.54) is 12.1 Å². The molecule has 0 aliphatic carbocycles. The zero-order valence-corrected chi connectivity index (χ0v) is 16.0. The molecule has 7 heteroatoms. The van der Waals surface area contributed by atoms with E-state index in [4.69, 9.17) is 0 Å². The molecule has 0 spiro atoms. The zero-order chi connectivity index (χ0) is 18.1. The van der Waals surface area contributed by atoms with E-state index < -0.39 is 0 Å². The van der Waals surface area contributed by atoms with Crippen LogP contribution in [0.15, 0.2) is 34.9 Å². The third-order valence-corrected chi connectivity index (χ3v) is 5.63. The maximum Gasteiger partial charge on any atom is 0.227 e. The summed E-state index contributed by atoms with van der Waals surface area (Å²) in [5, 5.41) is 7.40. The van der Waals surface area contributed by atoms with Gasteiger partial charge in [-0.25, -0.2) is 0 Å². The summed E-state index contributed by atoms with van der Waals surface area (Å²) < 4.78 is 2.96. The van der Waals surface area contributed by atoms with Crippen LogP contribution in [0.5, 0.6) is 0 Å². The van der Waals surface area contributed by atoms with Crippen LogP contribution in [0.3, 0.4) is 0 Å². The Kier molecular flexibility index (Phi) is 4.80. The second kappa shape index (κ2) is 7.23. The van der Waals surface area contributed by atoms with Crippen LogP contribution in [0.25, 0.3) is 0 Å². The van der Waals surface area contributed by atoms with Crippen molar-refractivity contribution in [3.8, 4) is 0 Å². The monoisotopic (exact) mass is 416 g/mol. The third kappa shape index (κ3) is 3.40. The van der Waals surface area contributed by atoms with Gasteiger partial charge in [0.25, 0.3) is 0 Å². The first-order valence-corrected chi connectivity index (χ1v) is 9.78. The van der Waals surface area contributed by atoms with Gasteiger partial charge in [-0.3, -0.25) is 14.3 Å². The van der Waals surface area contributed by atoms with E-state index in [2.05, 4.69) is 26.3 Å². The molecule has 2 aromatic rings. The van der Waals surface area contributed by atoms with Gasteiger partial charge in [-0.05, 0) is 37.5 Å². The predicted octanol–water partition coefficient (Wildman–Crippen LogP) is 2.65. The normalized spacial score (nSPS) is 19.5. The van der Waals surface area contributed by atoms with Crippen LogP contribution in [0.4, 0.5) is 5.69 Å². The van der Waals surface area contributed by atoms with E-state index in [9.17, 15) is 9.59 Å². The quantitative estimate of drug-likeness (QED) is 0.832. The van der Waals surface area contributed by atoms with Crippen LogP contribution in [0, 0.1) is 5.92 Å². The van der Waals surface area contributed by atoms with Gasteiger partial charge in [-0.1, -0.05) is 22.0 Å². The number of aromatic nitrogens is 2. The number of nitrogens with zero attached hydrogens (tertiary/aromatic N) is 3. The summed E-state index contributed by atoms with van der Waals surface area (Å²) in [7, 11) is 0. The fourth-order valence-corrected chi connectivity index (χ4v) is 4.12. The van der Waals surface area contributed by atoms with E-state index in [0.29, 0.717) is 13.1 Å². The molecule has 2 aliphatic heterocycles. The van der Waals surface area contributed by atoms with Crippen molar-refractivity contribution in [3.05, 3.63) is 46.2 Å². The molecular weight excluding hydrogens is 396 g/mol. The molecule has 0 bridgehead atoms. The first kappa shape index (κ1) is 17.3. The maximum absolute atomic E-state index is 12.6. The van der Waals surface area contributed by atoms with Crippen molar-refractivity contribution < 1.29 is 9.59 Å². The lowest BCUT2D eigenvalue weighted by atomic mass is 10.1. The number of anilines is 1. The van der Waals surface area contributed by atoms with Crippen LogP contribution < -0.4 is 10.2 Å². The Balaban J connectivity index is 1.38. The molecule has 1 aromatic carbocycles. The number of aryl methyl sites for hydroxylation is 1. The minimum atomic E-state index is -0.312. The third-order valence-electron chi connectivity index (χ3n) is 5.14. The standard InChI is InChI=1S/C19H21BrN4O2/c20-15-4-3-5-16(9-15)23-12-13(8-18(23)25)19(26)21-10-14-11-22-24-7-2-1-6-17(14)24/h3-5,9,11,13H,1-2,6-8,10,12H2,(H,21,26). The summed E-state index contributed by atoms with van der Waals surface area (Å²) >= 11 is 3.42. The van der Waals surface area contributed by atoms with Crippen molar-refractivity contribution >= 4 is 33.4 Å². The average Bonchev–Trinajstić information content (AvgIpc) is 3.23. The Morgan fingerprint density at radius 3 is 3.08 bits per heavy atom. The first-order valence-electron chi connectivity index (χ1n) is 8.99. The fraction of sp³-hybridized carbons (Fsp3) is 0.421. The largest absolute Gasteiger partial charge is 0.352 e. The Labute approximate surface area is 160 Å². The first-order chi connectivity index (χ1) is 12.6. The SMILES string of the molecule is O=C(NCc1cnn2c1CCCC2)C1CC(=O)N(c2cccc(Br)c2)C1. The van der Waals surface area contributed by atoms with Gasteiger partial charge in [-0.2, -0.15) is 5.10 Å². The molecule has 1 aromatic heterocycles. The van der Waals surface area contributed by atoms with Gasteiger partial charge in [0.1, 0.15) is 0 Å². The van der Waals surface area contributed by atoms with Crippen molar-refractivity contribution in [2.45, 2.75) is 38.8 Å². The molecule has 0 radical (unpaired) electrons. The molecule has 4 rings (SSSR count). The van der Waals surface area contributed by atoms with Crippen LogP contribution in [0.2, 0.25) is 0 Å². The van der Waals surface area contributed by atoms with Crippen LogP contribution >= 0.6 is 15.9 Å². The van der Waals surface area contributed by atoms with Crippen molar-refractivity contribution in [1.82, 2.24) is 15.1 Å². The summed E-state index contributed by atoms with van der Waals surface area (Å²) in [6, 6.07) is 7.60. The fourth-order valence-electron chi connectivity index (χ4n) is 3.74. The number of halogens is 1. The van der Waals surface area contributed by atoms with E-state index in [-0.39, 0.29) is 24.2 Å². The minimum absolute atomic E-state index is 0.00818. The molecule has 1 saturated heterocycles. The highest BCUT2D eigenvalue weighted by atomic mass is 79.9. The molecule has 0 saturated carbocycles. The smallest absolute Gasteiger partial charge is 0.227 e. The number of rotatable bonds is 4. The minimum Gasteiger partial charge on any atom is -0.352 e. The van der Waals surface area contributed by atoms with Gasteiger partial charge in [-0.15, -0.1) is 0 Å². The second-order valence-corrected chi connectivity index (χ2v) is 7.82. The molecule has 2 amide bonds. The number of benzene rings is 1. The lowest BCUT2D eigenvalue weighted by molar-refractivity contribution is -0.126. The van der Waals surface area contributed by atoms with Crippen molar-refractivity contribution in [3.63, 3.8) is 0 Å². The molecule has 1 N–H and O–H groups in total. The zero-order valence-electron chi connectivity index (χ0n) is 14.4. The number of nitrogens with one attached hydrogen (secondary N) is 1. The van der Waals surface area contributed by atoms with Gasteiger partial charge in [0.15, 0.2) is 0 Å². The van der Waals surface area contributed by atoms with Gasteiger partial charge < -0.3 is 10.2 Å². The molecule has 3 heterocycles. The number of hydrogen-bond donors (Lipinski definition) is 1. The number of carbonyl (C=O) groups excluding carboxylic acids is 2.